The van der Waals surface area contributed by atoms with Gasteiger partial charge in [0.2, 0.25) is 0 Å². The minimum absolute atomic E-state index is 0.0387. The van der Waals surface area contributed by atoms with E-state index in [1.54, 1.807) is 0 Å². The molecule has 0 aliphatic rings. The van der Waals surface area contributed by atoms with Crippen LogP contribution in [0.1, 0.15) is 77.3 Å². The summed E-state index contributed by atoms with van der Waals surface area (Å²) in [7, 11) is 2.24. The maximum absolute atomic E-state index is 2.62. The standard InChI is InChI=1S/C32H37N2/c1-20(2)26-19-23-14-10-11-15-24(23)28(21(3)4)30(26)34-29-25-16-12-9-13-22(25)17-18-27(29)33(8)31(34)32(5,6)7/h9-21H,1-8H3/q+1. The van der Waals surface area contributed by atoms with Crippen molar-refractivity contribution in [2.75, 3.05) is 0 Å². The van der Waals surface area contributed by atoms with E-state index >= 15 is 0 Å². The van der Waals surface area contributed by atoms with Gasteiger partial charge in [-0.3, -0.25) is 0 Å². The largest absolute Gasteiger partial charge is 0.267 e. The van der Waals surface area contributed by atoms with Gasteiger partial charge in [0.05, 0.1) is 12.5 Å². The van der Waals surface area contributed by atoms with Crippen molar-refractivity contribution < 1.29 is 4.57 Å². The second kappa shape index (κ2) is 7.98. The summed E-state index contributed by atoms with van der Waals surface area (Å²) < 4.78 is 5.04. The van der Waals surface area contributed by atoms with Crippen LogP contribution in [0.3, 0.4) is 0 Å². The molecule has 2 nitrogen and oxygen atoms in total. The number of aryl methyl sites for hydroxylation is 1. The molecular formula is C32H37N2+. The topological polar surface area (TPSA) is 8.81 Å². The van der Waals surface area contributed by atoms with Gasteiger partial charge in [-0.25, -0.2) is 4.57 Å². The molecular weight excluding hydrogens is 412 g/mol. The number of nitrogens with zero attached hydrogens (tertiary/aromatic N) is 2. The Morgan fingerprint density at radius 2 is 1.35 bits per heavy atom. The fraction of sp³-hybridized carbons (Fsp3) is 0.344. The van der Waals surface area contributed by atoms with E-state index in [9.17, 15) is 0 Å². The molecule has 0 atom stereocenters. The smallest absolute Gasteiger partial charge is 0.229 e. The van der Waals surface area contributed by atoms with Crippen molar-refractivity contribution in [1.29, 1.82) is 0 Å². The molecule has 0 saturated heterocycles. The van der Waals surface area contributed by atoms with Crippen LogP contribution >= 0.6 is 0 Å². The van der Waals surface area contributed by atoms with Crippen molar-refractivity contribution in [2.24, 2.45) is 7.05 Å². The van der Waals surface area contributed by atoms with E-state index in [1.807, 2.05) is 0 Å². The molecule has 0 saturated carbocycles. The zero-order chi connectivity index (χ0) is 24.4. The van der Waals surface area contributed by atoms with Crippen LogP contribution in [-0.4, -0.2) is 4.57 Å². The first-order chi connectivity index (χ1) is 16.1. The summed E-state index contributed by atoms with van der Waals surface area (Å²) in [6.45, 7) is 16.4. The lowest BCUT2D eigenvalue weighted by atomic mass is 9.86. The third-order valence-corrected chi connectivity index (χ3v) is 7.18. The van der Waals surface area contributed by atoms with Crippen molar-refractivity contribution in [3.8, 4) is 5.69 Å². The molecule has 0 aliphatic heterocycles. The molecule has 0 N–H and O–H groups in total. The van der Waals surface area contributed by atoms with E-state index in [-0.39, 0.29) is 5.41 Å². The van der Waals surface area contributed by atoms with Crippen molar-refractivity contribution in [3.05, 3.63) is 83.7 Å². The van der Waals surface area contributed by atoms with E-state index in [1.165, 1.54) is 55.2 Å². The number of fused-ring (bicyclic) bond motifs is 4. The molecule has 1 heterocycles. The number of rotatable bonds is 3. The fourth-order valence-corrected chi connectivity index (χ4v) is 5.84. The molecule has 0 amide bonds. The average molecular weight is 450 g/mol. The molecule has 0 radical (unpaired) electrons. The number of imidazole rings is 1. The second-order valence-electron chi connectivity index (χ2n) is 11.4. The Morgan fingerprint density at radius 1 is 0.735 bits per heavy atom. The maximum atomic E-state index is 2.62. The third kappa shape index (κ3) is 3.35. The predicted octanol–water partition coefficient (Wildman–Crippen LogP) is 8.31. The first-order valence-corrected chi connectivity index (χ1v) is 12.6. The van der Waals surface area contributed by atoms with Gasteiger partial charge in [0.25, 0.3) is 5.82 Å². The summed E-state index contributed by atoms with van der Waals surface area (Å²) in [6, 6.07) is 24.7. The summed E-state index contributed by atoms with van der Waals surface area (Å²) in [5, 5.41) is 5.29. The monoisotopic (exact) mass is 449 g/mol. The van der Waals surface area contributed by atoms with Crippen LogP contribution in [0.25, 0.3) is 38.3 Å². The van der Waals surface area contributed by atoms with Gasteiger partial charge in [-0.05, 0) is 73.0 Å². The summed E-state index contributed by atoms with van der Waals surface area (Å²) in [5.74, 6) is 2.13. The van der Waals surface area contributed by atoms with Crippen molar-refractivity contribution >= 4 is 32.6 Å². The molecule has 0 aliphatic carbocycles. The van der Waals surface area contributed by atoms with E-state index in [0.29, 0.717) is 11.8 Å². The third-order valence-electron chi connectivity index (χ3n) is 7.18. The van der Waals surface area contributed by atoms with Gasteiger partial charge in [-0.15, -0.1) is 0 Å². The predicted molar refractivity (Wildman–Crippen MR) is 146 cm³/mol. The molecule has 2 heteroatoms. The number of aromatic nitrogens is 2. The molecule has 0 unspecified atom stereocenters. The molecule has 0 bridgehead atoms. The summed E-state index contributed by atoms with van der Waals surface area (Å²) in [4.78, 5) is 0. The Morgan fingerprint density at radius 3 is 1.97 bits per heavy atom. The van der Waals surface area contributed by atoms with Gasteiger partial charge in [0, 0.05) is 16.5 Å². The lowest BCUT2D eigenvalue weighted by molar-refractivity contribution is -0.582. The highest BCUT2D eigenvalue weighted by molar-refractivity contribution is 6.03. The summed E-state index contributed by atoms with van der Waals surface area (Å²) >= 11 is 0. The van der Waals surface area contributed by atoms with E-state index in [2.05, 4.69) is 131 Å². The van der Waals surface area contributed by atoms with Crippen LogP contribution in [0, 0.1) is 0 Å². The Labute approximate surface area is 203 Å². The van der Waals surface area contributed by atoms with Gasteiger partial charge >= 0.3 is 0 Å². The maximum Gasteiger partial charge on any atom is 0.267 e. The molecule has 4 aromatic carbocycles. The molecule has 5 rings (SSSR count). The second-order valence-corrected chi connectivity index (χ2v) is 11.4. The lowest BCUT2D eigenvalue weighted by Crippen LogP contribution is -2.43. The Balaban J connectivity index is 2.12. The number of benzene rings is 4. The first-order valence-electron chi connectivity index (χ1n) is 12.6. The molecule has 0 spiro atoms. The van der Waals surface area contributed by atoms with Gasteiger partial charge < -0.3 is 0 Å². The van der Waals surface area contributed by atoms with Crippen LogP contribution in [0.4, 0.5) is 0 Å². The molecule has 34 heavy (non-hydrogen) atoms. The van der Waals surface area contributed by atoms with E-state index < -0.39 is 0 Å². The minimum atomic E-state index is -0.0387. The first kappa shape index (κ1) is 22.7. The van der Waals surface area contributed by atoms with Gasteiger partial charge in [0.15, 0.2) is 11.0 Å². The molecule has 5 aromatic rings. The van der Waals surface area contributed by atoms with E-state index in [4.69, 9.17) is 0 Å². The van der Waals surface area contributed by atoms with Crippen molar-refractivity contribution in [1.82, 2.24) is 4.57 Å². The molecule has 174 valence electrons. The zero-order valence-corrected chi connectivity index (χ0v) is 21.9. The zero-order valence-electron chi connectivity index (χ0n) is 21.9. The SMILES string of the molecule is CC(C)c1cc2ccccc2c(C(C)C)c1-[n+]1c(C(C)(C)C)n(C)c2ccc3ccccc3c21. The Kier molecular flexibility index (Phi) is 5.31. The number of hydrogen-bond acceptors (Lipinski definition) is 0. The average Bonchev–Trinajstić information content (AvgIpc) is 3.10. The quantitative estimate of drug-likeness (QED) is 0.245. The van der Waals surface area contributed by atoms with Gasteiger partial charge in [-0.1, -0.05) is 70.2 Å². The summed E-state index contributed by atoms with van der Waals surface area (Å²) in [6.07, 6.45) is 0. The lowest BCUT2D eigenvalue weighted by Gasteiger charge is -2.23. The van der Waals surface area contributed by atoms with Crippen LogP contribution in [-0.2, 0) is 12.5 Å². The molecule has 0 fully saturated rings. The van der Waals surface area contributed by atoms with Crippen LogP contribution in [0.2, 0.25) is 0 Å². The van der Waals surface area contributed by atoms with Crippen LogP contribution in [0.15, 0.2) is 66.7 Å². The van der Waals surface area contributed by atoms with Gasteiger partial charge in [0.1, 0.15) is 5.69 Å². The number of hydrogen-bond donors (Lipinski definition) is 0. The molecule has 1 aromatic heterocycles. The highest BCUT2D eigenvalue weighted by atomic mass is 15.2. The Bertz CT molecular complexity index is 1540. The normalized spacial score (nSPS) is 12.6. The highest BCUT2D eigenvalue weighted by Crippen LogP contribution is 2.38. The van der Waals surface area contributed by atoms with Crippen molar-refractivity contribution in [2.45, 2.75) is 65.7 Å². The van der Waals surface area contributed by atoms with Crippen molar-refractivity contribution in [3.63, 3.8) is 0 Å². The minimum Gasteiger partial charge on any atom is -0.229 e. The van der Waals surface area contributed by atoms with Crippen LogP contribution < -0.4 is 4.57 Å². The summed E-state index contributed by atoms with van der Waals surface area (Å²) in [5.41, 5.74) is 6.78. The van der Waals surface area contributed by atoms with E-state index in [0.717, 1.165) is 0 Å². The fourth-order valence-electron chi connectivity index (χ4n) is 5.84. The van der Waals surface area contributed by atoms with Gasteiger partial charge in [-0.2, -0.15) is 4.57 Å². The Hall–Kier alpha value is -3.13. The van der Waals surface area contributed by atoms with Crippen LogP contribution in [0.5, 0.6) is 0 Å². The highest BCUT2D eigenvalue weighted by Gasteiger charge is 2.37.